The van der Waals surface area contributed by atoms with Gasteiger partial charge in [-0.3, -0.25) is 24.5 Å². The molecule has 6 rings (SSSR count). The fraction of sp³-hybridized carbons (Fsp3) is 0.488. The molecule has 3 aliphatic rings. The molecule has 16 nitrogen and oxygen atoms in total. The molecular formula is C41H48N6O10. The van der Waals surface area contributed by atoms with E-state index in [2.05, 4.69) is 41.3 Å². The van der Waals surface area contributed by atoms with E-state index in [-0.39, 0.29) is 61.9 Å². The first-order valence-electron chi connectivity index (χ1n) is 19.1. The van der Waals surface area contributed by atoms with Gasteiger partial charge in [-0.2, -0.15) is 0 Å². The molecule has 4 heterocycles. The van der Waals surface area contributed by atoms with E-state index in [1.807, 2.05) is 12.3 Å². The lowest BCUT2D eigenvalue weighted by molar-refractivity contribution is -0.137. The van der Waals surface area contributed by atoms with Gasteiger partial charge in [0.05, 0.1) is 71.2 Å². The number of rotatable bonds is 16. The van der Waals surface area contributed by atoms with Crippen LogP contribution in [0.2, 0.25) is 0 Å². The van der Waals surface area contributed by atoms with E-state index in [4.69, 9.17) is 23.7 Å². The number of hydrogen-bond acceptors (Lipinski definition) is 12. The van der Waals surface area contributed by atoms with Gasteiger partial charge in [0.1, 0.15) is 18.3 Å². The Balaban J connectivity index is 0.871. The normalized spacial score (nSPS) is 20.1. The van der Waals surface area contributed by atoms with Crippen LogP contribution in [0.15, 0.2) is 42.6 Å². The monoisotopic (exact) mass is 784 g/mol. The number of esters is 1. The smallest absolute Gasteiger partial charge is 0.337 e. The van der Waals surface area contributed by atoms with Crippen LogP contribution in [0.25, 0.3) is 0 Å². The summed E-state index contributed by atoms with van der Waals surface area (Å²) in [6.45, 7) is 8.56. The highest BCUT2D eigenvalue weighted by Gasteiger charge is 2.42. The molecule has 1 aromatic heterocycles. The number of nitrogens with one attached hydrogen (secondary N) is 1. The number of carbonyl (C=O) groups excluding carboxylic acids is 5. The molecule has 2 aromatic carbocycles. The lowest BCUT2D eigenvalue weighted by Crippen LogP contribution is -2.52. The van der Waals surface area contributed by atoms with E-state index in [0.29, 0.717) is 68.4 Å². The first kappa shape index (κ1) is 41.2. The standard InChI is InChI=1S/C41H48N6O10/c1-5-34-26(2)38(32-22-29(41(52)53-4)11-12-35(32)47(34)27(3)48)46-23-30(43-44-46)25-57-21-20-56-19-18-55-17-16-54-15-7-9-28-8-6-10-31-33(28)24-45(40(31)51)36-13-14-37(49)42-39(36)50/h6,8,10-12,22-23,26,34,36,38H,5,13-21,24-25H2,1-4H3,(H,42,49,50)/t26-,34+,36?,38+/m1/s1. The molecule has 0 saturated carbocycles. The first-order valence-corrected chi connectivity index (χ1v) is 19.1. The molecule has 57 heavy (non-hydrogen) atoms. The van der Waals surface area contributed by atoms with Crippen LogP contribution >= 0.6 is 0 Å². The van der Waals surface area contributed by atoms with Crippen molar-refractivity contribution in [2.24, 2.45) is 5.92 Å². The van der Waals surface area contributed by atoms with E-state index in [9.17, 15) is 24.0 Å². The quantitative estimate of drug-likeness (QED) is 0.0973. The topological polar surface area (TPSA) is 181 Å². The lowest BCUT2D eigenvalue weighted by atomic mass is 9.80. The number of methoxy groups -OCH3 is 1. The van der Waals surface area contributed by atoms with Crippen molar-refractivity contribution in [3.8, 4) is 11.8 Å². The largest absolute Gasteiger partial charge is 0.465 e. The van der Waals surface area contributed by atoms with Crippen LogP contribution in [-0.2, 0) is 51.2 Å². The van der Waals surface area contributed by atoms with Crippen molar-refractivity contribution in [1.82, 2.24) is 25.2 Å². The van der Waals surface area contributed by atoms with E-state index in [0.717, 1.165) is 23.2 Å². The minimum atomic E-state index is -0.674. The number of piperidine rings is 1. The van der Waals surface area contributed by atoms with E-state index in [1.165, 1.54) is 12.0 Å². The molecule has 0 spiro atoms. The van der Waals surface area contributed by atoms with E-state index in [1.54, 1.807) is 46.8 Å². The van der Waals surface area contributed by atoms with Crippen LogP contribution in [0.4, 0.5) is 5.69 Å². The molecule has 4 amide bonds. The zero-order valence-corrected chi connectivity index (χ0v) is 32.7. The zero-order chi connectivity index (χ0) is 40.5. The van der Waals surface area contributed by atoms with Crippen LogP contribution in [0.1, 0.15) is 89.2 Å². The Bertz CT molecular complexity index is 2040. The summed E-state index contributed by atoms with van der Waals surface area (Å²) in [6, 6.07) is 9.57. The minimum absolute atomic E-state index is 0.0246. The molecule has 0 radical (unpaired) electrons. The SMILES string of the molecule is CC[C@H]1[C@@H](C)[C@H](n2cc(COCCOCCOCCOCC#Cc3cccc4c3CN(C3CCC(=O)NC3=O)C4=O)nn2)c2cc(C(=O)OC)ccc2N1C(C)=O. The predicted molar refractivity (Wildman–Crippen MR) is 204 cm³/mol. The summed E-state index contributed by atoms with van der Waals surface area (Å²) in [4.78, 5) is 65.3. The van der Waals surface area contributed by atoms with Crippen LogP contribution in [0.5, 0.6) is 0 Å². The van der Waals surface area contributed by atoms with Gasteiger partial charge in [0.15, 0.2) is 0 Å². The van der Waals surface area contributed by atoms with Crippen molar-refractivity contribution in [2.45, 2.75) is 71.3 Å². The van der Waals surface area contributed by atoms with Gasteiger partial charge < -0.3 is 33.5 Å². The van der Waals surface area contributed by atoms with Crippen LogP contribution in [-0.4, -0.2) is 115 Å². The summed E-state index contributed by atoms with van der Waals surface area (Å²) in [5, 5.41) is 11.1. The third kappa shape index (κ3) is 9.40. The Morgan fingerprint density at radius 2 is 1.72 bits per heavy atom. The fourth-order valence-corrected chi connectivity index (χ4v) is 7.71. The van der Waals surface area contributed by atoms with Crippen molar-refractivity contribution in [3.63, 3.8) is 0 Å². The predicted octanol–water partition coefficient (Wildman–Crippen LogP) is 2.81. The third-order valence-electron chi connectivity index (χ3n) is 10.4. The molecule has 0 aliphatic carbocycles. The van der Waals surface area contributed by atoms with Crippen LogP contribution in [0.3, 0.4) is 0 Å². The summed E-state index contributed by atoms with van der Waals surface area (Å²) in [5.41, 5.74) is 4.56. The number of benzene rings is 2. The summed E-state index contributed by atoms with van der Waals surface area (Å²) in [7, 11) is 1.34. The second-order valence-corrected chi connectivity index (χ2v) is 14.0. The first-order chi connectivity index (χ1) is 27.6. The zero-order valence-electron chi connectivity index (χ0n) is 32.7. The Morgan fingerprint density at radius 1 is 0.982 bits per heavy atom. The van der Waals surface area contributed by atoms with Gasteiger partial charge in [0, 0.05) is 54.2 Å². The van der Waals surface area contributed by atoms with Gasteiger partial charge in [-0.15, -0.1) is 5.10 Å². The van der Waals surface area contributed by atoms with Gasteiger partial charge >= 0.3 is 5.97 Å². The number of anilines is 1. The highest BCUT2D eigenvalue weighted by molar-refractivity contribution is 6.05. The van der Waals surface area contributed by atoms with Gasteiger partial charge in [-0.1, -0.05) is 37.0 Å². The maximum Gasteiger partial charge on any atom is 0.337 e. The summed E-state index contributed by atoms with van der Waals surface area (Å²) in [5.74, 6) is 4.51. The highest BCUT2D eigenvalue weighted by Crippen LogP contribution is 2.44. The lowest BCUT2D eigenvalue weighted by Gasteiger charge is -2.44. The van der Waals surface area contributed by atoms with Crippen molar-refractivity contribution in [1.29, 1.82) is 0 Å². The molecule has 3 aliphatic heterocycles. The van der Waals surface area contributed by atoms with Gasteiger partial charge in [0.25, 0.3) is 5.91 Å². The molecule has 1 N–H and O–H groups in total. The van der Waals surface area contributed by atoms with Crippen LogP contribution in [0, 0.1) is 17.8 Å². The number of ether oxygens (including phenoxy) is 5. The van der Waals surface area contributed by atoms with Crippen molar-refractivity contribution < 1.29 is 47.7 Å². The van der Waals surface area contributed by atoms with Crippen molar-refractivity contribution in [2.75, 3.05) is 58.3 Å². The number of aromatic nitrogens is 3. The third-order valence-corrected chi connectivity index (χ3v) is 10.4. The van der Waals surface area contributed by atoms with E-state index >= 15 is 0 Å². The Labute approximate surface area is 331 Å². The minimum Gasteiger partial charge on any atom is -0.465 e. The number of imide groups is 1. The maximum absolute atomic E-state index is 13.0. The van der Waals surface area contributed by atoms with Crippen molar-refractivity contribution >= 4 is 35.3 Å². The molecule has 1 unspecified atom stereocenters. The molecule has 4 atom stereocenters. The number of carbonyl (C=O) groups is 5. The van der Waals surface area contributed by atoms with Gasteiger partial charge in [-0.05, 0) is 48.7 Å². The number of amides is 4. The maximum atomic E-state index is 13.0. The molecule has 1 fully saturated rings. The molecule has 0 bridgehead atoms. The Morgan fingerprint density at radius 3 is 2.42 bits per heavy atom. The summed E-state index contributed by atoms with van der Waals surface area (Å²) in [6.07, 6.45) is 3.09. The average molecular weight is 785 g/mol. The molecule has 1 saturated heterocycles. The molecular weight excluding hydrogens is 736 g/mol. The molecule has 16 heteroatoms. The molecule has 3 aromatic rings. The van der Waals surface area contributed by atoms with Gasteiger partial charge in [0.2, 0.25) is 17.7 Å². The second kappa shape index (κ2) is 19.1. The van der Waals surface area contributed by atoms with Gasteiger partial charge in [-0.25, -0.2) is 9.48 Å². The number of fused-ring (bicyclic) bond motifs is 2. The Hall–Kier alpha value is -5.47. The van der Waals surface area contributed by atoms with Crippen molar-refractivity contribution in [3.05, 3.63) is 76.1 Å². The van der Waals surface area contributed by atoms with Crippen LogP contribution < -0.4 is 10.2 Å². The van der Waals surface area contributed by atoms with E-state index < -0.39 is 17.9 Å². The fourth-order valence-electron chi connectivity index (χ4n) is 7.71. The summed E-state index contributed by atoms with van der Waals surface area (Å²) < 4.78 is 29.3. The molecule has 302 valence electrons. The Kier molecular flexibility index (Phi) is 13.8. The number of nitrogens with zero attached hydrogens (tertiary/aromatic N) is 5. The highest BCUT2D eigenvalue weighted by atomic mass is 16.6. The second-order valence-electron chi connectivity index (χ2n) is 14.0. The summed E-state index contributed by atoms with van der Waals surface area (Å²) >= 11 is 0. The number of hydrogen-bond donors (Lipinski definition) is 1. The average Bonchev–Trinajstić information content (AvgIpc) is 3.81.